The zero-order valence-corrected chi connectivity index (χ0v) is 14.6. The first-order valence-corrected chi connectivity index (χ1v) is 8.13. The average molecular weight is 313 g/mol. The van der Waals surface area contributed by atoms with Crippen LogP contribution >= 0.6 is 0 Å². The van der Waals surface area contributed by atoms with Gasteiger partial charge in [0.15, 0.2) is 0 Å². The summed E-state index contributed by atoms with van der Waals surface area (Å²) in [6.45, 7) is 4.85. The van der Waals surface area contributed by atoms with E-state index < -0.39 is 0 Å². The molecule has 1 atom stereocenters. The number of ether oxygens (including phenoxy) is 2. The summed E-state index contributed by atoms with van der Waals surface area (Å²) in [5, 5.41) is 0. The van der Waals surface area contributed by atoms with Gasteiger partial charge in [-0.15, -0.1) is 0 Å². The van der Waals surface area contributed by atoms with Crippen molar-refractivity contribution in [1.82, 2.24) is 0 Å². The maximum Gasteiger partial charge on any atom is 0.122 e. The van der Waals surface area contributed by atoms with Crippen LogP contribution in [-0.2, 0) is 12.8 Å². The Hall–Kier alpha value is -2.00. The van der Waals surface area contributed by atoms with E-state index >= 15 is 0 Å². The predicted molar refractivity (Wildman–Crippen MR) is 95.6 cm³/mol. The quantitative estimate of drug-likeness (QED) is 0.844. The number of hydrogen-bond donors (Lipinski definition) is 1. The zero-order valence-electron chi connectivity index (χ0n) is 14.6. The van der Waals surface area contributed by atoms with E-state index in [9.17, 15) is 0 Å². The zero-order chi connectivity index (χ0) is 16.8. The van der Waals surface area contributed by atoms with Crippen molar-refractivity contribution < 1.29 is 9.47 Å². The first-order valence-electron chi connectivity index (χ1n) is 8.13. The van der Waals surface area contributed by atoms with Crippen LogP contribution in [0.3, 0.4) is 0 Å². The molecule has 23 heavy (non-hydrogen) atoms. The molecule has 3 nitrogen and oxygen atoms in total. The molecular weight excluding hydrogens is 286 g/mol. The van der Waals surface area contributed by atoms with Gasteiger partial charge in [0.1, 0.15) is 11.5 Å². The van der Waals surface area contributed by atoms with Crippen LogP contribution in [0.25, 0.3) is 0 Å². The fourth-order valence-electron chi connectivity index (χ4n) is 3.00. The van der Waals surface area contributed by atoms with Gasteiger partial charge in [-0.05, 0) is 55.1 Å². The third kappa shape index (κ3) is 4.05. The smallest absolute Gasteiger partial charge is 0.122 e. The summed E-state index contributed by atoms with van der Waals surface area (Å²) in [5.41, 5.74) is 11.0. The predicted octanol–water partition coefficient (Wildman–Crippen LogP) is 3.86. The lowest BCUT2D eigenvalue weighted by molar-refractivity contribution is 0.407. The Balaban J connectivity index is 2.32. The molecule has 2 aromatic rings. The molecule has 0 spiro atoms. The molecular formula is C20H27NO2. The van der Waals surface area contributed by atoms with Gasteiger partial charge >= 0.3 is 0 Å². The van der Waals surface area contributed by atoms with E-state index in [-0.39, 0.29) is 5.92 Å². The Morgan fingerprint density at radius 1 is 0.957 bits per heavy atom. The Kier molecular flexibility index (Phi) is 6.05. The summed E-state index contributed by atoms with van der Waals surface area (Å²) in [6.07, 6.45) is 1.82. The van der Waals surface area contributed by atoms with Crippen molar-refractivity contribution in [3.05, 3.63) is 58.7 Å². The lowest BCUT2D eigenvalue weighted by Crippen LogP contribution is -2.16. The molecule has 2 aromatic carbocycles. The third-order valence-electron chi connectivity index (χ3n) is 4.34. The minimum absolute atomic E-state index is 0.266. The van der Waals surface area contributed by atoms with Gasteiger partial charge in [-0.1, -0.05) is 36.8 Å². The molecule has 0 aliphatic carbocycles. The van der Waals surface area contributed by atoms with Crippen LogP contribution in [0.4, 0.5) is 0 Å². The summed E-state index contributed by atoms with van der Waals surface area (Å²) in [6, 6.07) is 12.7. The summed E-state index contributed by atoms with van der Waals surface area (Å²) >= 11 is 0. The van der Waals surface area contributed by atoms with Crippen molar-refractivity contribution >= 4 is 0 Å². The summed E-state index contributed by atoms with van der Waals surface area (Å²) in [5.74, 6) is 2.14. The molecule has 0 bridgehead atoms. The molecule has 124 valence electrons. The lowest BCUT2D eigenvalue weighted by atomic mass is 9.89. The van der Waals surface area contributed by atoms with E-state index in [1.807, 2.05) is 12.1 Å². The molecule has 0 aromatic heterocycles. The van der Waals surface area contributed by atoms with E-state index in [1.165, 1.54) is 22.3 Å². The third-order valence-corrected chi connectivity index (χ3v) is 4.34. The number of benzene rings is 2. The van der Waals surface area contributed by atoms with Crippen LogP contribution in [0.5, 0.6) is 11.5 Å². The number of methoxy groups -OCH3 is 2. The van der Waals surface area contributed by atoms with Crippen LogP contribution in [0, 0.1) is 6.92 Å². The Morgan fingerprint density at radius 3 is 2.22 bits per heavy atom. The SMILES string of the molecule is CCc1cc(C(CN)Cc2cc(C)ccc2OC)ccc1OC. The fourth-order valence-corrected chi connectivity index (χ4v) is 3.00. The van der Waals surface area contributed by atoms with Gasteiger partial charge in [0, 0.05) is 5.92 Å². The van der Waals surface area contributed by atoms with Gasteiger partial charge in [0.05, 0.1) is 14.2 Å². The number of hydrogen-bond acceptors (Lipinski definition) is 3. The highest BCUT2D eigenvalue weighted by molar-refractivity contribution is 5.41. The molecule has 0 heterocycles. The summed E-state index contributed by atoms with van der Waals surface area (Å²) < 4.78 is 10.9. The first kappa shape index (κ1) is 17.4. The molecule has 1 unspecified atom stereocenters. The van der Waals surface area contributed by atoms with E-state index in [1.54, 1.807) is 14.2 Å². The largest absolute Gasteiger partial charge is 0.496 e. The van der Waals surface area contributed by atoms with Crippen LogP contribution in [0.15, 0.2) is 36.4 Å². The van der Waals surface area contributed by atoms with Crippen LogP contribution in [0.2, 0.25) is 0 Å². The fraction of sp³-hybridized carbons (Fsp3) is 0.400. The number of aryl methyl sites for hydroxylation is 2. The van der Waals surface area contributed by atoms with Crippen molar-refractivity contribution in [2.75, 3.05) is 20.8 Å². The number of nitrogens with two attached hydrogens (primary N) is 1. The molecule has 2 N–H and O–H groups in total. The van der Waals surface area contributed by atoms with E-state index in [2.05, 4.69) is 38.1 Å². The molecule has 3 heteroatoms. The van der Waals surface area contributed by atoms with Crippen molar-refractivity contribution in [3.8, 4) is 11.5 Å². The molecule has 0 amide bonds. The topological polar surface area (TPSA) is 44.5 Å². The van der Waals surface area contributed by atoms with Crippen molar-refractivity contribution in [2.24, 2.45) is 5.73 Å². The van der Waals surface area contributed by atoms with Gasteiger partial charge in [-0.3, -0.25) is 0 Å². The highest BCUT2D eigenvalue weighted by atomic mass is 16.5. The van der Waals surface area contributed by atoms with Gasteiger partial charge < -0.3 is 15.2 Å². The first-order chi connectivity index (χ1) is 11.1. The lowest BCUT2D eigenvalue weighted by Gasteiger charge is -2.19. The van der Waals surface area contributed by atoms with Gasteiger partial charge in [-0.25, -0.2) is 0 Å². The minimum atomic E-state index is 0.266. The second kappa shape index (κ2) is 8.02. The Morgan fingerprint density at radius 2 is 1.61 bits per heavy atom. The van der Waals surface area contributed by atoms with Gasteiger partial charge in [0.2, 0.25) is 0 Å². The maximum absolute atomic E-state index is 6.07. The highest BCUT2D eigenvalue weighted by Gasteiger charge is 2.15. The van der Waals surface area contributed by atoms with E-state index in [4.69, 9.17) is 15.2 Å². The maximum atomic E-state index is 6.07. The van der Waals surface area contributed by atoms with Gasteiger partial charge in [0.25, 0.3) is 0 Å². The Bertz CT molecular complexity index is 652. The van der Waals surface area contributed by atoms with E-state index in [0.29, 0.717) is 6.54 Å². The molecule has 0 saturated heterocycles. The van der Waals surface area contributed by atoms with Crippen molar-refractivity contribution in [2.45, 2.75) is 32.6 Å². The normalized spacial score (nSPS) is 12.0. The van der Waals surface area contributed by atoms with Crippen LogP contribution in [-0.4, -0.2) is 20.8 Å². The van der Waals surface area contributed by atoms with Crippen molar-refractivity contribution in [1.29, 1.82) is 0 Å². The second-order valence-corrected chi connectivity index (χ2v) is 5.88. The number of rotatable bonds is 7. The molecule has 0 radical (unpaired) electrons. The molecule has 2 rings (SSSR count). The summed E-state index contributed by atoms with van der Waals surface area (Å²) in [7, 11) is 3.43. The molecule has 0 saturated carbocycles. The summed E-state index contributed by atoms with van der Waals surface area (Å²) in [4.78, 5) is 0. The van der Waals surface area contributed by atoms with Crippen LogP contribution < -0.4 is 15.2 Å². The van der Waals surface area contributed by atoms with Crippen molar-refractivity contribution in [3.63, 3.8) is 0 Å². The highest BCUT2D eigenvalue weighted by Crippen LogP contribution is 2.30. The van der Waals surface area contributed by atoms with E-state index in [0.717, 1.165) is 24.3 Å². The standard InChI is InChI=1S/C20H27NO2/c1-5-15-11-16(7-9-19(15)22-3)18(13-21)12-17-10-14(2)6-8-20(17)23-4/h6-11,18H,5,12-13,21H2,1-4H3. The monoisotopic (exact) mass is 313 g/mol. The molecule has 0 aliphatic rings. The minimum Gasteiger partial charge on any atom is -0.496 e. The second-order valence-electron chi connectivity index (χ2n) is 5.88. The molecule has 0 fully saturated rings. The Labute approximate surface area is 139 Å². The average Bonchev–Trinajstić information content (AvgIpc) is 2.59. The van der Waals surface area contributed by atoms with Gasteiger partial charge in [-0.2, -0.15) is 0 Å². The molecule has 0 aliphatic heterocycles. The van der Waals surface area contributed by atoms with Crippen LogP contribution in [0.1, 0.15) is 35.1 Å².